The molecule has 1 fully saturated rings. The van der Waals surface area contributed by atoms with Crippen molar-refractivity contribution in [2.75, 3.05) is 6.54 Å². The zero-order chi connectivity index (χ0) is 17.9. The van der Waals surface area contributed by atoms with E-state index in [0.717, 1.165) is 30.5 Å². The van der Waals surface area contributed by atoms with Gasteiger partial charge in [-0.2, -0.15) is 5.10 Å². The van der Waals surface area contributed by atoms with Crippen LogP contribution in [0.2, 0.25) is 0 Å². The van der Waals surface area contributed by atoms with Gasteiger partial charge in [-0.25, -0.2) is 4.68 Å². The highest BCUT2D eigenvalue weighted by atomic mass is 16.2. The van der Waals surface area contributed by atoms with E-state index in [1.165, 1.54) is 37.8 Å². The normalized spacial score (nSPS) is 18.5. The summed E-state index contributed by atoms with van der Waals surface area (Å²) in [7, 11) is 0. The number of carbonyl (C=O) groups is 1. The molecule has 26 heavy (non-hydrogen) atoms. The molecular formula is C21H28N4O. The van der Waals surface area contributed by atoms with E-state index in [2.05, 4.69) is 5.32 Å². The third-order valence-corrected chi connectivity index (χ3v) is 5.94. The summed E-state index contributed by atoms with van der Waals surface area (Å²) in [5, 5.41) is 7.91. The Kier molecular flexibility index (Phi) is 5.07. The third kappa shape index (κ3) is 3.28. The summed E-state index contributed by atoms with van der Waals surface area (Å²) < 4.78 is 1.95. The molecule has 1 atom stereocenters. The average molecular weight is 352 g/mol. The maximum Gasteiger partial charge on any atom is 0.272 e. The van der Waals surface area contributed by atoms with Gasteiger partial charge in [-0.1, -0.05) is 37.5 Å². The maximum atomic E-state index is 13.0. The smallest absolute Gasteiger partial charge is 0.272 e. The van der Waals surface area contributed by atoms with Crippen LogP contribution in [-0.4, -0.2) is 28.3 Å². The minimum atomic E-state index is -0.0566. The molecule has 1 aromatic carbocycles. The van der Waals surface area contributed by atoms with Crippen LogP contribution in [-0.2, 0) is 12.8 Å². The Balaban J connectivity index is 1.58. The molecule has 0 spiro atoms. The zero-order valence-electron chi connectivity index (χ0n) is 15.3. The van der Waals surface area contributed by atoms with Crippen molar-refractivity contribution in [2.24, 2.45) is 11.7 Å². The lowest BCUT2D eigenvalue weighted by atomic mass is 9.84. The monoisotopic (exact) mass is 352 g/mol. The third-order valence-electron chi connectivity index (χ3n) is 5.94. The van der Waals surface area contributed by atoms with E-state index in [1.807, 2.05) is 35.0 Å². The number of carbonyl (C=O) groups excluding carboxylic acids is 1. The van der Waals surface area contributed by atoms with Gasteiger partial charge in [0.25, 0.3) is 5.91 Å². The lowest BCUT2D eigenvalue weighted by Crippen LogP contribution is -2.46. The van der Waals surface area contributed by atoms with Gasteiger partial charge >= 0.3 is 0 Å². The first-order valence-electron chi connectivity index (χ1n) is 9.95. The van der Waals surface area contributed by atoms with Crippen molar-refractivity contribution in [3.63, 3.8) is 0 Å². The number of nitrogens with one attached hydrogen (secondary N) is 1. The van der Waals surface area contributed by atoms with Gasteiger partial charge in [-0.15, -0.1) is 0 Å². The number of amides is 1. The van der Waals surface area contributed by atoms with Crippen molar-refractivity contribution in [1.29, 1.82) is 0 Å². The van der Waals surface area contributed by atoms with Crippen LogP contribution < -0.4 is 11.1 Å². The topological polar surface area (TPSA) is 72.9 Å². The molecule has 1 saturated carbocycles. The van der Waals surface area contributed by atoms with Gasteiger partial charge in [0.05, 0.1) is 5.69 Å². The summed E-state index contributed by atoms with van der Waals surface area (Å²) in [5.41, 5.74) is 9.91. The molecule has 1 heterocycles. The SMILES string of the molecule is NCC(NC(=O)c1nn(-c2ccccc2)c2c1CCC2)C1CCCCC1. The fourth-order valence-electron chi connectivity index (χ4n) is 4.55. The quantitative estimate of drug-likeness (QED) is 0.869. The number of para-hydroxylation sites is 1. The fourth-order valence-corrected chi connectivity index (χ4v) is 4.55. The highest BCUT2D eigenvalue weighted by Gasteiger charge is 2.30. The van der Waals surface area contributed by atoms with Crippen LogP contribution in [0.25, 0.3) is 5.69 Å². The molecule has 2 aliphatic carbocycles. The standard InChI is InChI=1S/C21H28N4O/c22-14-18(15-8-3-1-4-9-15)23-21(26)20-17-12-7-13-19(17)25(24-20)16-10-5-2-6-11-16/h2,5-6,10-11,15,18H,1,3-4,7-9,12-14,22H2,(H,23,26). The summed E-state index contributed by atoms with van der Waals surface area (Å²) in [6.45, 7) is 0.498. The van der Waals surface area contributed by atoms with Crippen LogP contribution >= 0.6 is 0 Å². The number of nitrogens with two attached hydrogens (primary N) is 1. The highest BCUT2D eigenvalue weighted by molar-refractivity contribution is 5.94. The average Bonchev–Trinajstić information content (AvgIpc) is 3.30. The number of nitrogens with zero attached hydrogens (tertiary/aromatic N) is 2. The number of fused-ring (bicyclic) bond motifs is 1. The van der Waals surface area contributed by atoms with Gasteiger partial charge in [0.1, 0.15) is 0 Å². The van der Waals surface area contributed by atoms with E-state index in [-0.39, 0.29) is 11.9 Å². The lowest BCUT2D eigenvalue weighted by molar-refractivity contribution is 0.0909. The van der Waals surface area contributed by atoms with Crippen molar-refractivity contribution >= 4 is 5.91 Å². The molecule has 0 radical (unpaired) electrons. The molecule has 138 valence electrons. The summed E-state index contributed by atoms with van der Waals surface area (Å²) in [6.07, 6.45) is 9.12. The number of hydrogen-bond acceptors (Lipinski definition) is 3. The van der Waals surface area contributed by atoms with E-state index in [0.29, 0.717) is 18.2 Å². The second-order valence-corrected chi connectivity index (χ2v) is 7.59. The Morgan fingerprint density at radius 2 is 1.92 bits per heavy atom. The first kappa shape index (κ1) is 17.3. The molecule has 2 aliphatic rings. The Morgan fingerprint density at radius 1 is 1.15 bits per heavy atom. The Bertz CT molecular complexity index is 762. The number of rotatable bonds is 5. The van der Waals surface area contributed by atoms with Crippen molar-refractivity contribution in [2.45, 2.75) is 57.4 Å². The van der Waals surface area contributed by atoms with E-state index >= 15 is 0 Å². The lowest BCUT2D eigenvalue weighted by Gasteiger charge is -2.29. The summed E-state index contributed by atoms with van der Waals surface area (Å²) in [5.74, 6) is 0.445. The molecule has 5 nitrogen and oxygen atoms in total. The van der Waals surface area contributed by atoms with Crippen LogP contribution in [0.1, 0.15) is 60.3 Å². The molecule has 1 aromatic heterocycles. The van der Waals surface area contributed by atoms with Crippen LogP contribution in [0, 0.1) is 5.92 Å². The Labute approximate surface area is 155 Å². The molecule has 3 N–H and O–H groups in total. The van der Waals surface area contributed by atoms with Gasteiger partial charge in [0, 0.05) is 23.8 Å². The van der Waals surface area contributed by atoms with Crippen LogP contribution in [0.4, 0.5) is 0 Å². The number of benzene rings is 1. The van der Waals surface area contributed by atoms with E-state index < -0.39 is 0 Å². The Morgan fingerprint density at radius 3 is 2.65 bits per heavy atom. The molecule has 0 aliphatic heterocycles. The van der Waals surface area contributed by atoms with Crippen molar-refractivity contribution < 1.29 is 4.79 Å². The van der Waals surface area contributed by atoms with Crippen LogP contribution in [0.5, 0.6) is 0 Å². The highest BCUT2D eigenvalue weighted by Crippen LogP contribution is 2.29. The van der Waals surface area contributed by atoms with Gasteiger partial charge in [0.2, 0.25) is 0 Å². The van der Waals surface area contributed by atoms with E-state index in [9.17, 15) is 4.79 Å². The first-order valence-corrected chi connectivity index (χ1v) is 9.95. The van der Waals surface area contributed by atoms with Crippen LogP contribution in [0.15, 0.2) is 30.3 Å². The zero-order valence-corrected chi connectivity index (χ0v) is 15.3. The van der Waals surface area contributed by atoms with Crippen molar-refractivity contribution in [3.05, 3.63) is 47.3 Å². The molecule has 0 bridgehead atoms. The van der Waals surface area contributed by atoms with Gasteiger partial charge in [-0.05, 0) is 50.2 Å². The fraction of sp³-hybridized carbons (Fsp3) is 0.524. The van der Waals surface area contributed by atoms with Crippen LogP contribution in [0.3, 0.4) is 0 Å². The number of aromatic nitrogens is 2. The van der Waals surface area contributed by atoms with Gasteiger partial charge in [0.15, 0.2) is 5.69 Å². The molecule has 0 saturated heterocycles. The molecule has 5 heteroatoms. The molecule has 1 amide bonds. The summed E-state index contributed by atoms with van der Waals surface area (Å²) in [6, 6.07) is 10.1. The molecule has 4 rings (SSSR count). The minimum absolute atomic E-state index is 0.0566. The minimum Gasteiger partial charge on any atom is -0.346 e. The molecular weight excluding hydrogens is 324 g/mol. The predicted molar refractivity (Wildman–Crippen MR) is 102 cm³/mol. The van der Waals surface area contributed by atoms with Gasteiger partial charge < -0.3 is 11.1 Å². The van der Waals surface area contributed by atoms with Crippen molar-refractivity contribution in [3.8, 4) is 5.69 Å². The first-order chi connectivity index (χ1) is 12.8. The molecule has 2 aromatic rings. The van der Waals surface area contributed by atoms with E-state index in [1.54, 1.807) is 0 Å². The Hall–Kier alpha value is -2.14. The number of hydrogen-bond donors (Lipinski definition) is 2. The second-order valence-electron chi connectivity index (χ2n) is 7.59. The maximum absolute atomic E-state index is 13.0. The van der Waals surface area contributed by atoms with Crippen molar-refractivity contribution in [1.82, 2.24) is 15.1 Å². The summed E-state index contributed by atoms with van der Waals surface area (Å²) in [4.78, 5) is 13.0. The predicted octanol–water partition coefficient (Wildman–Crippen LogP) is 3.00. The second kappa shape index (κ2) is 7.62. The van der Waals surface area contributed by atoms with E-state index in [4.69, 9.17) is 10.8 Å². The van der Waals surface area contributed by atoms with Gasteiger partial charge in [-0.3, -0.25) is 4.79 Å². The summed E-state index contributed by atoms with van der Waals surface area (Å²) >= 11 is 0. The molecule has 1 unspecified atom stereocenters. The largest absolute Gasteiger partial charge is 0.346 e.